The zero-order valence-electron chi connectivity index (χ0n) is 9.06. The fourth-order valence-electron chi connectivity index (χ4n) is 1.71. The summed E-state index contributed by atoms with van der Waals surface area (Å²) in [4.78, 5) is 10.9. The third-order valence-electron chi connectivity index (χ3n) is 2.46. The summed E-state index contributed by atoms with van der Waals surface area (Å²) in [5.74, 6) is -0.957. The highest BCUT2D eigenvalue weighted by atomic mass is 35.5. The Morgan fingerprint density at radius 1 is 1.06 bits per heavy atom. The van der Waals surface area contributed by atoms with Crippen LogP contribution in [0.3, 0.4) is 0 Å². The van der Waals surface area contributed by atoms with E-state index in [4.69, 9.17) is 16.7 Å². The number of carboxylic acids is 1. The maximum atomic E-state index is 10.9. The summed E-state index contributed by atoms with van der Waals surface area (Å²) >= 11 is 5.90. The maximum absolute atomic E-state index is 10.9. The number of rotatable bonds is 3. The van der Waals surface area contributed by atoms with Crippen molar-refractivity contribution in [2.75, 3.05) is 0 Å². The largest absolute Gasteiger partial charge is 0.478 e. The Bertz CT molecular complexity index is 535. The van der Waals surface area contributed by atoms with E-state index in [-0.39, 0.29) is 5.56 Å². The zero-order chi connectivity index (χ0) is 12.3. The average Bonchev–Trinajstić information content (AvgIpc) is 2.29. The number of benzene rings is 2. The summed E-state index contributed by atoms with van der Waals surface area (Å²) in [5.41, 5.74) is 2.26. The highest BCUT2D eigenvalue weighted by Gasteiger charge is 2.06. The molecular formula is C14H11ClO2. The van der Waals surface area contributed by atoms with Gasteiger partial charge in [0.25, 0.3) is 0 Å². The molecule has 0 saturated heterocycles. The van der Waals surface area contributed by atoms with Gasteiger partial charge in [-0.3, -0.25) is 0 Å². The van der Waals surface area contributed by atoms with Crippen molar-refractivity contribution in [3.8, 4) is 0 Å². The van der Waals surface area contributed by atoms with Crippen molar-refractivity contribution in [2.24, 2.45) is 0 Å². The van der Waals surface area contributed by atoms with E-state index in [1.165, 1.54) is 6.07 Å². The van der Waals surface area contributed by atoms with Crippen molar-refractivity contribution >= 4 is 17.6 Å². The van der Waals surface area contributed by atoms with Gasteiger partial charge in [0.2, 0.25) is 0 Å². The van der Waals surface area contributed by atoms with Crippen LogP contribution in [0.2, 0.25) is 5.02 Å². The van der Waals surface area contributed by atoms with Crippen molar-refractivity contribution in [3.05, 3.63) is 70.2 Å². The van der Waals surface area contributed by atoms with Crippen LogP contribution in [-0.2, 0) is 6.42 Å². The molecule has 17 heavy (non-hydrogen) atoms. The standard InChI is InChI=1S/C14H11ClO2/c15-13-8-11(7-12(9-13)14(16)17)6-10-4-2-1-3-5-10/h1-5,7-9H,6H2,(H,16,17). The van der Waals surface area contributed by atoms with Gasteiger partial charge in [-0.05, 0) is 35.7 Å². The molecule has 0 aromatic heterocycles. The highest BCUT2D eigenvalue weighted by Crippen LogP contribution is 2.18. The van der Waals surface area contributed by atoms with E-state index in [1.807, 2.05) is 30.3 Å². The first-order valence-electron chi connectivity index (χ1n) is 5.22. The minimum absolute atomic E-state index is 0.225. The molecule has 2 rings (SSSR count). The fraction of sp³-hybridized carbons (Fsp3) is 0.0714. The lowest BCUT2D eigenvalue weighted by Gasteiger charge is -2.04. The van der Waals surface area contributed by atoms with Crippen molar-refractivity contribution in [1.29, 1.82) is 0 Å². The normalized spacial score (nSPS) is 10.2. The minimum Gasteiger partial charge on any atom is -0.478 e. The molecule has 0 amide bonds. The van der Waals surface area contributed by atoms with Gasteiger partial charge in [-0.1, -0.05) is 41.9 Å². The van der Waals surface area contributed by atoms with Gasteiger partial charge in [0.15, 0.2) is 0 Å². The second-order valence-corrected chi connectivity index (χ2v) is 4.25. The number of carbonyl (C=O) groups is 1. The molecule has 0 aliphatic carbocycles. The maximum Gasteiger partial charge on any atom is 0.335 e. The smallest absolute Gasteiger partial charge is 0.335 e. The molecule has 0 bridgehead atoms. The molecule has 3 heteroatoms. The van der Waals surface area contributed by atoms with E-state index in [9.17, 15) is 4.79 Å². The summed E-state index contributed by atoms with van der Waals surface area (Å²) in [7, 11) is 0. The molecule has 0 spiro atoms. The molecule has 2 nitrogen and oxygen atoms in total. The molecule has 0 saturated carbocycles. The molecule has 0 atom stereocenters. The van der Waals surface area contributed by atoms with Crippen molar-refractivity contribution in [3.63, 3.8) is 0 Å². The summed E-state index contributed by atoms with van der Waals surface area (Å²) in [5, 5.41) is 9.40. The molecule has 1 N–H and O–H groups in total. The van der Waals surface area contributed by atoms with E-state index in [0.29, 0.717) is 11.4 Å². The van der Waals surface area contributed by atoms with Crippen LogP contribution in [0.25, 0.3) is 0 Å². The summed E-state index contributed by atoms with van der Waals surface area (Å²) in [6.07, 6.45) is 0.682. The number of hydrogen-bond donors (Lipinski definition) is 1. The number of halogens is 1. The lowest BCUT2D eigenvalue weighted by molar-refractivity contribution is 0.0697. The summed E-state index contributed by atoms with van der Waals surface area (Å²) in [6, 6.07) is 14.8. The van der Waals surface area contributed by atoms with E-state index in [2.05, 4.69) is 0 Å². The summed E-state index contributed by atoms with van der Waals surface area (Å²) in [6.45, 7) is 0. The van der Waals surface area contributed by atoms with Crippen LogP contribution in [0.4, 0.5) is 0 Å². The molecule has 0 aliphatic heterocycles. The first-order chi connectivity index (χ1) is 8.15. The van der Waals surface area contributed by atoms with Gasteiger partial charge in [0.1, 0.15) is 0 Å². The van der Waals surface area contributed by atoms with E-state index in [1.54, 1.807) is 12.1 Å². The van der Waals surface area contributed by atoms with Gasteiger partial charge >= 0.3 is 5.97 Å². The average molecular weight is 247 g/mol. The van der Waals surface area contributed by atoms with Crippen LogP contribution in [0, 0.1) is 0 Å². The van der Waals surface area contributed by atoms with Gasteiger partial charge in [-0.25, -0.2) is 4.79 Å². The second kappa shape index (κ2) is 5.02. The molecule has 0 aliphatic rings. The Kier molecular flexibility index (Phi) is 3.45. The van der Waals surface area contributed by atoms with Crippen LogP contribution < -0.4 is 0 Å². The Balaban J connectivity index is 2.30. The topological polar surface area (TPSA) is 37.3 Å². The fourth-order valence-corrected chi connectivity index (χ4v) is 1.97. The lowest BCUT2D eigenvalue weighted by Crippen LogP contribution is -1.98. The Morgan fingerprint density at radius 3 is 2.41 bits per heavy atom. The Labute approximate surface area is 104 Å². The number of hydrogen-bond acceptors (Lipinski definition) is 1. The van der Waals surface area contributed by atoms with Crippen LogP contribution in [0.5, 0.6) is 0 Å². The van der Waals surface area contributed by atoms with Crippen LogP contribution in [0.1, 0.15) is 21.5 Å². The third kappa shape index (κ3) is 3.08. The molecule has 0 unspecified atom stereocenters. The first-order valence-corrected chi connectivity index (χ1v) is 5.59. The predicted octanol–water partition coefficient (Wildman–Crippen LogP) is 3.63. The molecular weight excluding hydrogens is 236 g/mol. The Hall–Kier alpha value is -1.80. The Morgan fingerprint density at radius 2 is 1.76 bits per heavy atom. The van der Waals surface area contributed by atoms with Gasteiger partial charge in [-0.2, -0.15) is 0 Å². The van der Waals surface area contributed by atoms with Crippen molar-refractivity contribution < 1.29 is 9.90 Å². The van der Waals surface area contributed by atoms with Gasteiger partial charge < -0.3 is 5.11 Å². The minimum atomic E-state index is -0.957. The van der Waals surface area contributed by atoms with Gasteiger partial charge in [-0.15, -0.1) is 0 Å². The first kappa shape index (κ1) is 11.7. The van der Waals surface area contributed by atoms with Gasteiger partial charge in [0, 0.05) is 5.02 Å². The second-order valence-electron chi connectivity index (χ2n) is 3.82. The predicted molar refractivity (Wildman–Crippen MR) is 67.7 cm³/mol. The quantitative estimate of drug-likeness (QED) is 0.898. The molecule has 2 aromatic rings. The highest BCUT2D eigenvalue weighted by molar-refractivity contribution is 6.31. The van der Waals surface area contributed by atoms with E-state index < -0.39 is 5.97 Å². The molecule has 86 valence electrons. The molecule has 2 aromatic carbocycles. The van der Waals surface area contributed by atoms with Crippen LogP contribution in [-0.4, -0.2) is 11.1 Å². The van der Waals surface area contributed by atoms with Gasteiger partial charge in [0.05, 0.1) is 5.56 Å². The molecule has 0 radical (unpaired) electrons. The van der Waals surface area contributed by atoms with E-state index in [0.717, 1.165) is 11.1 Å². The SMILES string of the molecule is O=C(O)c1cc(Cl)cc(Cc2ccccc2)c1. The summed E-state index contributed by atoms with van der Waals surface area (Å²) < 4.78 is 0. The molecule has 0 heterocycles. The zero-order valence-corrected chi connectivity index (χ0v) is 9.82. The van der Waals surface area contributed by atoms with E-state index >= 15 is 0 Å². The monoisotopic (exact) mass is 246 g/mol. The number of carboxylic acid groups (broad SMARTS) is 1. The number of aromatic carboxylic acids is 1. The third-order valence-corrected chi connectivity index (χ3v) is 2.67. The van der Waals surface area contributed by atoms with Crippen molar-refractivity contribution in [2.45, 2.75) is 6.42 Å². The van der Waals surface area contributed by atoms with Crippen molar-refractivity contribution in [1.82, 2.24) is 0 Å². The van der Waals surface area contributed by atoms with Crippen LogP contribution in [0.15, 0.2) is 48.5 Å². The van der Waals surface area contributed by atoms with Crippen LogP contribution >= 0.6 is 11.6 Å². The lowest BCUT2D eigenvalue weighted by atomic mass is 10.0. The molecule has 0 fully saturated rings.